The second kappa shape index (κ2) is 16.8. The number of hydrogen-bond donors (Lipinski definition) is 4. The SMILES string of the molecule is C=C[C@@H]1C[C@]1(NC(=O)[C@@H]1C[C@@H](OC(=O)N2Cc3cccc(F)c3C2)CN1C(=O)[C@H](CNC(=O)C(I)c1ccccc1)NC(=O)OC(C)(C)C)C(=O)NS(=O)(=O)C1CC1. The molecule has 6 amide bonds. The van der Waals surface area contributed by atoms with Gasteiger partial charge in [-0.15, -0.1) is 6.58 Å². The number of sulfonamides is 1. The Morgan fingerprint density at radius 3 is 2.38 bits per heavy atom. The van der Waals surface area contributed by atoms with Crippen molar-refractivity contribution in [2.24, 2.45) is 5.92 Å². The molecule has 16 nitrogen and oxygen atoms in total. The largest absolute Gasteiger partial charge is 0.444 e. The molecule has 6 atom stereocenters. The lowest BCUT2D eigenvalue weighted by molar-refractivity contribution is -0.141. The van der Waals surface area contributed by atoms with Gasteiger partial charge in [-0.2, -0.15) is 0 Å². The number of likely N-dealkylation sites (tertiary alicyclic amines) is 1. The summed E-state index contributed by atoms with van der Waals surface area (Å²) in [5, 5.41) is 7.14. The van der Waals surface area contributed by atoms with Crippen molar-refractivity contribution >= 4 is 68.4 Å². The lowest BCUT2D eigenvalue weighted by Gasteiger charge is -2.30. The summed E-state index contributed by atoms with van der Waals surface area (Å²) in [7, 11) is -3.99. The third-order valence-corrected chi connectivity index (χ3v) is 13.4. The quantitative estimate of drug-likeness (QED) is 0.131. The smallest absolute Gasteiger partial charge is 0.410 e. The average molecular weight is 937 g/mol. The molecule has 0 radical (unpaired) electrons. The van der Waals surface area contributed by atoms with Gasteiger partial charge in [-0.3, -0.25) is 28.8 Å². The van der Waals surface area contributed by atoms with Crippen LogP contribution in [0.3, 0.4) is 0 Å². The number of ether oxygens (including phenoxy) is 2. The lowest BCUT2D eigenvalue weighted by Crippen LogP contribution is -2.60. The Morgan fingerprint density at radius 1 is 1.05 bits per heavy atom. The highest BCUT2D eigenvalue weighted by Crippen LogP contribution is 2.45. The van der Waals surface area contributed by atoms with E-state index in [1.807, 2.05) is 22.6 Å². The van der Waals surface area contributed by atoms with Gasteiger partial charge < -0.3 is 30.3 Å². The molecule has 1 unspecified atom stereocenters. The predicted octanol–water partition coefficient (Wildman–Crippen LogP) is 3.10. The van der Waals surface area contributed by atoms with E-state index in [9.17, 15) is 41.6 Å². The fourth-order valence-electron chi connectivity index (χ4n) is 7.04. The minimum Gasteiger partial charge on any atom is -0.444 e. The Kier molecular flexibility index (Phi) is 12.4. The summed E-state index contributed by atoms with van der Waals surface area (Å²) in [6.07, 6.45) is -0.919. The zero-order chi connectivity index (χ0) is 42.2. The zero-order valence-electron chi connectivity index (χ0n) is 32.2. The van der Waals surface area contributed by atoms with Crippen molar-refractivity contribution in [3.8, 4) is 0 Å². The Labute approximate surface area is 349 Å². The maximum atomic E-state index is 14.5. The number of nitrogens with one attached hydrogen (secondary N) is 4. The number of fused-ring (bicyclic) bond motifs is 1. The van der Waals surface area contributed by atoms with Crippen molar-refractivity contribution in [3.63, 3.8) is 0 Å². The van der Waals surface area contributed by atoms with Gasteiger partial charge in [0.2, 0.25) is 27.7 Å². The van der Waals surface area contributed by atoms with Crippen molar-refractivity contribution in [1.82, 2.24) is 30.5 Å². The summed E-state index contributed by atoms with van der Waals surface area (Å²) in [6, 6.07) is 10.5. The summed E-state index contributed by atoms with van der Waals surface area (Å²) < 4.78 is 52.5. The van der Waals surface area contributed by atoms with E-state index in [0.29, 0.717) is 29.5 Å². The lowest BCUT2D eigenvalue weighted by atomic mass is 10.1. The molecule has 19 heteroatoms. The maximum Gasteiger partial charge on any atom is 0.410 e. The average Bonchev–Trinajstić information content (AvgIpc) is 4.06. The molecule has 3 fully saturated rings. The van der Waals surface area contributed by atoms with Crippen LogP contribution in [-0.4, -0.2) is 102 Å². The van der Waals surface area contributed by atoms with Crippen LogP contribution in [0.5, 0.6) is 0 Å². The number of benzene rings is 2. The van der Waals surface area contributed by atoms with E-state index < -0.39 is 103 Å². The molecule has 312 valence electrons. The fourth-order valence-corrected chi connectivity index (χ4v) is 9.04. The van der Waals surface area contributed by atoms with E-state index in [1.54, 1.807) is 57.2 Å². The first-order valence-electron chi connectivity index (χ1n) is 18.8. The van der Waals surface area contributed by atoms with Gasteiger partial charge in [0.25, 0.3) is 5.91 Å². The van der Waals surface area contributed by atoms with E-state index in [2.05, 4.69) is 27.3 Å². The van der Waals surface area contributed by atoms with Crippen LogP contribution < -0.4 is 20.7 Å². The van der Waals surface area contributed by atoms with Crippen molar-refractivity contribution in [2.75, 3.05) is 13.1 Å². The number of hydrogen-bond acceptors (Lipinski definition) is 10. The molecular weight excluding hydrogens is 890 g/mol. The Hall–Kier alpha value is -4.79. The number of halogens is 2. The van der Waals surface area contributed by atoms with Gasteiger partial charge in [0, 0.05) is 31.0 Å². The third-order valence-electron chi connectivity index (χ3n) is 10.3. The molecule has 0 bridgehead atoms. The van der Waals surface area contributed by atoms with Crippen molar-refractivity contribution in [3.05, 3.63) is 83.7 Å². The van der Waals surface area contributed by atoms with E-state index in [1.165, 1.54) is 23.1 Å². The first-order valence-corrected chi connectivity index (χ1v) is 21.6. The van der Waals surface area contributed by atoms with Crippen molar-refractivity contribution < 1.29 is 51.0 Å². The number of rotatable bonds is 13. The zero-order valence-corrected chi connectivity index (χ0v) is 35.1. The van der Waals surface area contributed by atoms with Crippen LogP contribution in [0.15, 0.2) is 61.2 Å². The van der Waals surface area contributed by atoms with Crippen LogP contribution in [0, 0.1) is 11.7 Å². The minimum absolute atomic E-state index is 0.0349. The highest BCUT2D eigenvalue weighted by atomic mass is 127. The molecule has 4 N–H and O–H groups in total. The summed E-state index contributed by atoms with van der Waals surface area (Å²) in [4.78, 5) is 84.5. The standard InChI is InChI=1S/C39H46FIN6O10S/c1-5-24-17-39(24,35(51)45-58(54,55)26-14-15-26)44-32(48)30-16-25(56-37(53)46-19-23-12-9-13-28(40)27(23)21-46)20-47(30)34(50)29(43-36(52)57-38(2,3)4)18-42-33(49)31(41)22-10-7-6-8-11-22/h5-13,24-26,29-31H,1,14-21H2,2-4H3,(H,42,49)(H,43,52)(H,44,48)(H,45,51)/t24-,25-,29+,30+,31?,39-/m1/s1. The molecule has 58 heavy (non-hydrogen) atoms. The molecule has 2 heterocycles. The van der Waals surface area contributed by atoms with Gasteiger partial charge in [-0.1, -0.05) is 71.1 Å². The Morgan fingerprint density at radius 2 is 1.76 bits per heavy atom. The molecule has 2 aliphatic carbocycles. The summed E-state index contributed by atoms with van der Waals surface area (Å²) in [6.45, 7) is 7.80. The summed E-state index contributed by atoms with van der Waals surface area (Å²) in [5.74, 6) is -4.24. The van der Waals surface area contributed by atoms with Gasteiger partial charge >= 0.3 is 12.2 Å². The minimum atomic E-state index is -3.99. The van der Waals surface area contributed by atoms with Gasteiger partial charge in [0.15, 0.2) is 0 Å². The first kappa shape index (κ1) is 42.8. The van der Waals surface area contributed by atoms with Gasteiger partial charge in [-0.05, 0) is 57.2 Å². The van der Waals surface area contributed by atoms with Crippen LogP contribution in [0.2, 0.25) is 0 Å². The number of amides is 6. The monoisotopic (exact) mass is 936 g/mol. The fraction of sp³-hybridized carbons (Fsp3) is 0.487. The molecule has 2 saturated carbocycles. The van der Waals surface area contributed by atoms with Crippen LogP contribution in [0.4, 0.5) is 14.0 Å². The van der Waals surface area contributed by atoms with Crippen LogP contribution in [0.1, 0.15) is 67.1 Å². The topological polar surface area (TPSA) is 210 Å². The molecule has 2 aromatic rings. The number of carbonyl (C=O) groups is 6. The molecular formula is C39H46FIN6O10S. The van der Waals surface area contributed by atoms with E-state index in [4.69, 9.17) is 9.47 Å². The number of alkyl halides is 1. The molecule has 4 aliphatic rings. The van der Waals surface area contributed by atoms with Crippen molar-refractivity contribution in [1.29, 1.82) is 0 Å². The first-order chi connectivity index (χ1) is 27.3. The van der Waals surface area contributed by atoms with Crippen LogP contribution in [0.25, 0.3) is 0 Å². The Bertz CT molecular complexity index is 2100. The summed E-state index contributed by atoms with van der Waals surface area (Å²) in [5.41, 5.74) is -1.03. The van der Waals surface area contributed by atoms with Crippen LogP contribution in [-0.2, 0) is 51.8 Å². The van der Waals surface area contributed by atoms with E-state index in [-0.39, 0.29) is 32.5 Å². The predicted molar refractivity (Wildman–Crippen MR) is 215 cm³/mol. The molecule has 1 saturated heterocycles. The summed E-state index contributed by atoms with van der Waals surface area (Å²) >= 11 is 1.94. The number of nitrogens with zero attached hydrogens (tertiary/aromatic N) is 2. The second-order valence-corrected chi connectivity index (χ2v) is 19.1. The maximum absolute atomic E-state index is 14.5. The normalized spacial score (nSPS) is 23.4. The number of carbonyl (C=O) groups excluding carboxylic acids is 6. The molecule has 2 aromatic carbocycles. The van der Waals surface area contributed by atoms with E-state index in [0.717, 1.165) is 4.90 Å². The van der Waals surface area contributed by atoms with Gasteiger partial charge in [0.1, 0.15) is 39.1 Å². The molecule has 0 spiro atoms. The molecule has 2 aliphatic heterocycles. The molecule has 6 rings (SSSR count). The number of alkyl carbamates (subject to hydrolysis) is 1. The molecule has 0 aromatic heterocycles. The highest BCUT2D eigenvalue weighted by Gasteiger charge is 2.62. The van der Waals surface area contributed by atoms with E-state index >= 15 is 0 Å². The van der Waals surface area contributed by atoms with Gasteiger partial charge in [0.05, 0.1) is 18.3 Å². The Balaban J connectivity index is 1.24. The van der Waals surface area contributed by atoms with Crippen LogP contribution >= 0.6 is 22.6 Å². The van der Waals surface area contributed by atoms with Crippen molar-refractivity contribution in [2.45, 2.75) is 98.0 Å². The third kappa shape index (κ3) is 9.73. The second-order valence-electron chi connectivity index (χ2n) is 15.9. The highest BCUT2D eigenvalue weighted by molar-refractivity contribution is 14.1. The van der Waals surface area contributed by atoms with Gasteiger partial charge in [-0.25, -0.2) is 22.4 Å².